The molecule has 5 rings (SSSR count). The molecule has 2 aromatic heterocycles. The molecule has 0 unspecified atom stereocenters. The van der Waals surface area contributed by atoms with Crippen LogP contribution in [0, 0.1) is 5.82 Å². The number of carbonyl (C=O) groups excluding carboxylic acids is 1. The van der Waals surface area contributed by atoms with Crippen molar-refractivity contribution in [3.63, 3.8) is 0 Å². The highest BCUT2D eigenvalue weighted by Gasteiger charge is 2.12. The fourth-order valence-corrected chi connectivity index (χ4v) is 3.46. The van der Waals surface area contributed by atoms with Gasteiger partial charge in [0.1, 0.15) is 12.1 Å². The van der Waals surface area contributed by atoms with Crippen LogP contribution in [0.2, 0.25) is 0 Å². The molecule has 0 bridgehead atoms. The number of amides is 1. The molecule has 1 amide bonds. The zero-order valence-corrected chi connectivity index (χ0v) is 16.3. The topological polar surface area (TPSA) is 99.3 Å². The Morgan fingerprint density at radius 2 is 1.84 bits per heavy atom. The lowest BCUT2D eigenvalue weighted by Crippen LogP contribution is -2.14. The number of nitrogens with one attached hydrogen (secondary N) is 3. The van der Waals surface area contributed by atoms with Crippen molar-refractivity contribution < 1.29 is 9.18 Å². The van der Waals surface area contributed by atoms with Crippen molar-refractivity contribution >= 4 is 22.5 Å². The molecule has 2 heterocycles. The summed E-state index contributed by atoms with van der Waals surface area (Å²) >= 11 is 0. The Bertz CT molecular complexity index is 1360. The van der Waals surface area contributed by atoms with Crippen molar-refractivity contribution in [2.45, 2.75) is 6.42 Å². The monoisotopic (exact) mass is 412 g/mol. The first-order chi connectivity index (χ1) is 15.2. The molecule has 5 aromatic rings. The number of aromatic amines is 2. The van der Waals surface area contributed by atoms with E-state index in [-0.39, 0.29) is 18.1 Å². The van der Waals surface area contributed by atoms with E-state index in [9.17, 15) is 9.18 Å². The lowest BCUT2D eigenvalue weighted by Gasteiger charge is -2.07. The van der Waals surface area contributed by atoms with Crippen LogP contribution in [-0.4, -0.2) is 31.3 Å². The molecule has 7 nitrogen and oxygen atoms in total. The van der Waals surface area contributed by atoms with E-state index < -0.39 is 0 Å². The van der Waals surface area contributed by atoms with Crippen LogP contribution >= 0.6 is 0 Å². The average Bonchev–Trinajstić information content (AvgIpc) is 3.45. The number of halogens is 1. The molecule has 0 spiro atoms. The second kappa shape index (κ2) is 7.83. The largest absolute Gasteiger partial charge is 0.326 e. The molecule has 3 N–H and O–H groups in total. The molecule has 0 saturated carbocycles. The van der Waals surface area contributed by atoms with Gasteiger partial charge in [0.25, 0.3) is 0 Å². The Labute approximate surface area is 176 Å². The van der Waals surface area contributed by atoms with Crippen molar-refractivity contribution in [3.8, 4) is 22.6 Å². The molecular weight excluding hydrogens is 395 g/mol. The number of hydrogen-bond donors (Lipinski definition) is 3. The average molecular weight is 412 g/mol. The number of hydrogen-bond acceptors (Lipinski definition) is 4. The van der Waals surface area contributed by atoms with E-state index in [1.807, 2.05) is 42.5 Å². The SMILES string of the molecule is O=C(Cc1ccc(F)cc1)Nc1cccc(-c2n[nH]c3ccc(-c4ncn[nH]4)cc23)c1. The lowest BCUT2D eigenvalue weighted by molar-refractivity contribution is -0.115. The number of rotatable bonds is 5. The highest BCUT2D eigenvalue weighted by molar-refractivity contribution is 5.97. The van der Waals surface area contributed by atoms with Crippen molar-refractivity contribution in [2.75, 3.05) is 5.32 Å². The molecule has 0 aliphatic heterocycles. The Hall–Kier alpha value is -4.33. The van der Waals surface area contributed by atoms with Gasteiger partial charge in [0.05, 0.1) is 17.6 Å². The minimum atomic E-state index is -0.324. The lowest BCUT2D eigenvalue weighted by atomic mass is 10.0. The fourth-order valence-electron chi connectivity index (χ4n) is 3.46. The number of nitrogens with zero attached hydrogens (tertiary/aromatic N) is 3. The van der Waals surface area contributed by atoms with Crippen LogP contribution in [0.25, 0.3) is 33.5 Å². The first-order valence-corrected chi connectivity index (χ1v) is 9.64. The molecule has 0 atom stereocenters. The quantitative estimate of drug-likeness (QED) is 0.400. The molecule has 152 valence electrons. The van der Waals surface area contributed by atoms with Crippen LogP contribution < -0.4 is 5.32 Å². The summed E-state index contributed by atoms with van der Waals surface area (Å²) in [4.78, 5) is 16.6. The third kappa shape index (κ3) is 3.91. The van der Waals surface area contributed by atoms with Gasteiger partial charge in [-0.05, 0) is 48.0 Å². The van der Waals surface area contributed by atoms with Gasteiger partial charge in [-0.15, -0.1) is 0 Å². The fraction of sp³-hybridized carbons (Fsp3) is 0.0435. The van der Waals surface area contributed by atoms with Crippen molar-refractivity contribution in [1.29, 1.82) is 0 Å². The van der Waals surface area contributed by atoms with E-state index in [4.69, 9.17) is 0 Å². The summed E-state index contributed by atoms with van der Waals surface area (Å²) in [5.74, 6) is 0.175. The summed E-state index contributed by atoms with van der Waals surface area (Å²) in [6.07, 6.45) is 1.63. The van der Waals surface area contributed by atoms with Crippen LogP contribution in [0.5, 0.6) is 0 Å². The molecule has 31 heavy (non-hydrogen) atoms. The Morgan fingerprint density at radius 3 is 2.65 bits per heavy atom. The standard InChI is InChI=1S/C23H17FN6O/c24-17-7-4-14(5-8-17)10-21(31)27-18-3-1-2-15(11-18)22-19-12-16(23-25-13-26-30-23)6-9-20(19)28-29-22/h1-9,11-13H,10H2,(H,27,31)(H,28,29)(H,25,26,30). The molecule has 8 heteroatoms. The molecule has 0 aliphatic carbocycles. The predicted molar refractivity (Wildman–Crippen MR) is 116 cm³/mol. The third-order valence-corrected chi connectivity index (χ3v) is 4.95. The van der Waals surface area contributed by atoms with Gasteiger partial charge >= 0.3 is 0 Å². The molecular formula is C23H17FN6O. The van der Waals surface area contributed by atoms with E-state index in [1.54, 1.807) is 12.1 Å². The Balaban J connectivity index is 1.41. The first-order valence-electron chi connectivity index (χ1n) is 9.64. The van der Waals surface area contributed by atoms with E-state index in [1.165, 1.54) is 18.5 Å². The Morgan fingerprint density at radius 1 is 0.968 bits per heavy atom. The van der Waals surface area contributed by atoms with Crippen LogP contribution in [0.1, 0.15) is 5.56 Å². The van der Waals surface area contributed by atoms with Gasteiger partial charge in [-0.3, -0.25) is 15.0 Å². The number of aromatic nitrogens is 5. The summed E-state index contributed by atoms with van der Waals surface area (Å²) in [6, 6.07) is 19.3. The number of carbonyl (C=O) groups is 1. The molecule has 0 aliphatic rings. The van der Waals surface area contributed by atoms with E-state index in [0.29, 0.717) is 11.5 Å². The van der Waals surface area contributed by atoms with E-state index >= 15 is 0 Å². The van der Waals surface area contributed by atoms with Crippen molar-refractivity contribution in [3.05, 3.63) is 84.4 Å². The van der Waals surface area contributed by atoms with E-state index in [2.05, 4.69) is 30.7 Å². The molecule has 3 aromatic carbocycles. The summed E-state index contributed by atoms with van der Waals surface area (Å²) in [7, 11) is 0. The first kappa shape index (κ1) is 18.7. The summed E-state index contributed by atoms with van der Waals surface area (Å²) in [6.45, 7) is 0. The van der Waals surface area contributed by atoms with Crippen LogP contribution in [-0.2, 0) is 11.2 Å². The smallest absolute Gasteiger partial charge is 0.228 e. The molecule has 0 fully saturated rings. The maximum Gasteiger partial charge on any atom is 0.228 e. The molecule has 0 saturated heterocycles. The van der Waals surface area contributed by atoms with Crippen LogP contribution in [0.15, 0.2) is 73.1 Å². The normalized spacial score (nSPS) is 11.0. The zero-order chi connectivity index (χ0) is 21.2. The van der Waals surface area contributed by atoms with Gasteiger partial charge in [0.2, 0.25) is 5.91 Å². The van der Waals surface area contributed by atoms with Crippen molar-refractivity contribution in [1.82, 2.24) is 25.4 Å². The minimum Gasteiger partial charge on any atom is -0.326 e. The second-order valence-electron chi connectivity index (χ2n) is 7.10. The van der Waals surface area contributed by atoms with Crippen LogP contribution in [0.3, 0.4) is 0 Å². The third-order valence-electron chi connectivity index (χ3n) is 4.95. The van der Waals surface area contributed by atoms with E-state index in [0.717, 1.165) is 33.3 Å². The van der Waals surface area contributed by atoms with Gasteiger partial charge in [-0.25, -0.2) is 9.37 Å². The van der Waals surface area contributed by atoms with Gasteiger partial charge in [-0.2, -0.15) is 10.2 Å². The maximum absolute atomic E-state index is 13.0. The van der Waals surface area contributed by atoms with Gasteiger partial charge in [0, 0.05) is 22.2 Å². The Kier molecular flexibility index (Phi) is 4.72. The summed E-state index contributed by atoms with van der Waals surface area (Å²) in [5.41, 5.74) is 4.83. The number of benzene rings is 3. The highest BCUT2D eigenvalue weighted by atomic mass is 19.1. The highest BCUT2D eigenvalue weighted by Crippen LogP contribution is 2.30. The number of anilines is 1. The minimum absolute atomic E-state index is 0.163. The van der Waals surface area contributed by atoms with Gasteiger partial charge in [-0.1, -0.05) is 24.3 Å². The van der Waals surface area contributed by atoms with Crippen molar-refractivity contribution in [2.24, 2.45) is 0 Å². The van der Waals surface area contributed by atoms with Gasteiger partial charge in [0.15, 0.2) is 5.82 Å². The number of fused-ring (bicyclic) bond motifs is 1. The predicted octanol–water partition coefficient (Wildman–Crippen LogP) is 4.34. The molecule has 0 radical (unpaired) electrons. The summed E-state index contributed by atoms with van der Waals surface area (Å²) < 4.78 is 13.0. The van der Waals surface area contributed by atoms with Crippen LogP contribution in [0.4, 0.5) is 10.1 Å². The summed E-state index contributed by atoms with van der Waals surface area (Å²) in [5, 5.41) is 18.1. The van der Waals surface area contributed by atoms with Gasteiger partial charge < -0.3 is 5.32 Å². The zero-order valence-electron chi connectivity index (χ0n) is 16.3. The number of H-pyrrole nitrogens is 2. The second-order valence-corrected chi connectivity index (χ2v) is 7.10. The maximum atomic E-state index is 13.0.